The average Bonchev–Trinajstić information content (AvgIpc) is 2.79. The van der Waals surface area contributed by atoms with Gasteiger partial charge in [-0.15, -0.1) is 5.10 Å². The Balaban J connectivity index is 2.38. The van der Waals surface area contributed by atoms with Crippen molar-refractivity contribution in [1.82, 2.24) is 15.0 Å². The van der Waals surface area contributed by atoms with Crippen molar-refractivity contribution in [2.24, 2.45) is 0 Å². The second-order valence-electron chi connectivity index (χ2n) is 6.26. The van der Waals surface area contributed by atoms with E-state index in [2.05, 4.69) is 36.9 Å². The van der Waals surface area contributed by atoms with Gasteiger partial charge in [-0.3, -0.25) is 14.8 Å². The minimum Gasteiger partial charge on any atom is -0.258 e. The first-order chi connectivity index (χ1) is 9.81. The molecule has 0 aliphatic carbocycles. The van der Waals surface area contributed by atoms with E-state index in [9.17, 15) is 10.1 Å². The van der Waals surface area contributed by atoms with E-state index < -0.39 is 13.0 Å². The molecule has 0 bridgehead atoms. The van der Waals surface area contributed by atoms with Gasteiger partial charge in [0.25, 0.3) is 5.69 Å². The van der Waals surface area contributed by atoms with Crippen LogP contribution in [0.15, 0.2) is 24.3 Å². The molecular weight excluding hydrogens is 284 g/mol. The molecule has 0 aliphatic heterocycles. The summed E-state index contributed by atoms with van der Waals surface area (Å²) in [5.41, 5.74) is 2.88. The number of benzene rings is 1. The Morgan fingerprint density at radius 1 is 1.24 bits per heavy atom. The molecular formula is C14H20N4O2Si. The fraction of sp³-hybridized carbons (Fsp3) is 0.429. The summed E-state index contributed by atoms with van der Waals surface area (Å²) in [5, 5.41) is 19.3. The van der Waals surface area contributed by atoms with Crippen molar-refractivity contribution >= 4 is 13.8 Å². The number of hydrogen-bond donors (Lipinski definition) is 0. The van der Waals surface area contributed by atoms with Crippen LogP contribution < -0.4 is 0 Å². The Bertz CT molecular complexity index is 644. The molecule has 0 N–H and O–H groups in total. The molecule has 2 aromatic rings. The number of hydrogen-bond acceptors (Lipinski definition) is 4. The predicted octanol–water partition coefficient (Wildman–Crippen LogP) is 3.29. The number of nitro groups is 1. The van der Waals surface area contributed by atoms with Crippen molar-refractivity contribution in [3.8, 4) is 11.3 Å². The summed E-state index contributed by atoms with van der Waals surface area (Å²) in [5.74, 6) is 0. The normalized spacial score (nSPS) is 11.6. The Kier molecular flexibility index (Phi) is 4.22. The maximum absolute atomic E-state index is 10.7. The third-order valence-corrected chi connectivity index (χ3v) is 4.40. The molecule has 0 atom stereocenters. The van der Waals surface area contributed by atoms with Crippen LogP contribution in [0.3, 0.4) is 0 Å². The number of rotatable bonds is 5. The van der Waals surface area contributed by atoms with E-state index in [1.807, 2.05) is 4.68 Å². The first kappa shape index (κ1) is 15.4. The lowest BCUT2D eigenvalue weighted by atomic mass is 10.1. The molecule has 0 amide bonds. The van der Waals surface area contributed by atoms with E-state index in [1.54, 1.807) is 12.1 Å². The van der Waals surface area contributed by atoms with Crippen LogP contribution in [-0.4, -0.2) is 28.0 Å². The van der Waals surface area contributed by atoms with Gasteiger partial charge in [-0.2, -0.15) is 0 Å². The van der Waals surface area contributed by atoms with Gasteiger partial charge >= 0.3 is 0 Å². The first-order valence-electron chi connectivity index (χ1n) is 6.99. The predicted molar refractivity (Wildman–Crippen MR) is 84.8 cm³/mol. The van der Waals surface area contributed by atoms with Gasteiger partial charge in [-0.05, 0) is 18.6 Å². The third kappa shape index (κ3) is 3.55. The zero-order valence-electron chi connectivity index (χ0n) is 12.8. The van der Waals surface area contributed by atoms with Gasteiger partial charge < -0.3 is 0 Å². The lowest BCUT2D eigenvalue weighted by Crippen LogP contribution is -2.29. The summed E-state index contributed by atoms with van der Waals surface area (Å²) >= 11 is 0. The van der Waals surface area contributed by atoms with Crippen molar-refractivity contribution < 1.29 is 4.92 Å². The average molecular weight is 304 g/mol. The molecule has 0 radical (unpaired) electrons. The van der Waals surface area contributed by atoms with E-state index in [1.165, 1.54) is 12.1 Å². The van der Waals surface area contributed by atoms with Crippen LogP contribution in [0.1, 0.15) is 12.6 Å². The van der Waals surface area contributed by atoms with Gasteiger partial charge in [-0.25, -0.2) is 0 Å². The number of nitro benzene ring substituents is 1. The molecule has 2 rings (SSSR count). The summed E-state index contributed by atoms with van der Waals surface area (Å²) < 4.78 is 1.99. The van der Waals surface area contributed by atoms with Crippen LogP contribution in [-0.2, 0) is 12.6 Å². The van der Waals surface area contributed by atoms with E-state index in [0.717, 1.165) is 29.5 Å². The van der Waals surface area contributed by atoms with Crippen LogP contribution >= 0.6 is 0 Å². The first-order valence-corrected chi connectivity index (χ1v) is 10.7. The molecule has 6 nitrogen and oxygen atoms in total. The smallest absolute Gasteiger partial charge is 0.258 e. The molecule has 0 aliphatic rings. The van der Waals surface area contributed by atoms with E-state index >= 15 is 0 Å². The lowest BCUT2D eigenvalue weighted by molar-refractivity contribution is -0.384. The molecule has 112 valence electrons. The van der Waals surface area contributed by atoms with E-state index in [4.69, 9.17) is 0 Å². The summed E-state index contributed by atoms with van der Waals surface area (Å²) in [6.07, 6.45) is 1.76. The van der Waals surface area contributed by atoms with E-state index in [-0.39, 0.29) is 5.69 Å². The van der Waals surface area contributed by atoms with Gasteiger partial charge in [0.2, 0.25) is 0 Å². The third-order valence-electron chi connectivity index (χ3n) is 3.15. The summed E-state index contributed by atoms with van der Waals surface area (Å²) in [6, 6.07) is 6.49. The Labute approximate surface area is 125 Å². The highest BCUT2D eigenvalue weighted by Crippen LogP contribution is 2.24. The van der Waals surface area contributed by atoms with E-state index in [0.29, 0.717) is 0 Å². The fourth-order valence-electron chi connectivity index (χ4n) is 2.22. The van der Waals surface area contributed by atoms with Gasteiger partial charge in [-0.1, -0.05) is 31.8 Å². The monoisotopic (exact) mass is 304 g/mol. The quantitative estimate of drug-likeness (QED) is 0.482. The minimum absolute atomic E-state index is 0.0892. The molecule has 7 heteroatoms. The van der Waals surface area contributed by atoms with Crippen molar-refractivity contribution in [2.45, 2.75) is 39.2 Å². The van der Waals surface area contributed by atoms with Crippen LogP contribution in [0.4, 0.5) is 5.69 Å². The highest BCUT2D eigenvalue weighted by Gasteiger charge is 2.20. The van der Waals surface area contributed by atoms with Crippen LogP contribution in [0.5, 0.6) is 0 Å². The Morgan fingerprint density at radius 3 is 2.33 bits per heavy atom. The molecule has 1 aromatic carbocycles. The Hall–Kier alpha value is -2.02. The van der Waals surface area contributed by atoms with Gasteiger partial charge in [0, 0.05) is 23.9 Å². The molecule has 1 aromatic heterocycles. The fourth-order valence-corrected chi connectivity index (χ4v) is 3.38. The van der Waals surface area contributed by atoms with Gasteiger partial charge in [0.1, 0.15) is 5.69 Å². The Morgan fingerprint density at radius 2 is 1.86 bits per heavy atom. The van der Waals surface area contributed by atoms with Crippen molar-refractivity contribution in [2.75, 3.05) is 0 Å². The SMILES string of the molecule is CCc1c(-c2ccc([N+](=O)[O-])cc2)nnn1C[Si](C)(C)C. The summed E-state index contributed by atoms with van der Waals surface area (Å²) in [6.45, 7) is 8.95. The van der Waals surface area contributed by atoms with Gasteiger partial charge in [0.05, 0.1) is 18.7 Å². The van der Waals surface area contributed by atoms with Crippen molar-refractivity contribution in [3.05, 3.63) is 40.1 Å². The van der Waals surface area contributed by atoms with Crippen molar-refractivity contribution in [3.63, 3.8) is 0 Å². The number of non-ortho nitro benzene ring substituents is 1. The second kappa shape index (κ2) is 5.77. The molecule has 1 heterocycles. The topological polar surface area (TPSA) is 73.8 Å². The van der Waals surface area contributed by atoms with Crippen molar-refractivity contribution in [1.29, 1.82) is 0 Å². The highest BCUT2D eigenvalue weighted by atomic mass is 28.3. The zero-order valence-corrected chi connectivity index (χ0v) is 13.8. The number of aromatic nitrogens is 3. The molecule has 0 fully saturated rings. The lowest BCUT2D eigenvalue weighted by Gasteiger charge is -2.16. The van der Waals surface area contributed by atoms with Crippen LogP contribution in [0.25, 0.3) is 11.3 Å². The number of nitrogens with zero attached hydrogens (tertiary/aromatic N) is 4. The molecule has 0 saturated heterocycles. The minimum atomic E-state index is -1.29. The standard InChI is InChI=1S/C14H20N4O2Si/c1-5-13-14(15-16-17(13)10-21(2,3)4)11-6-8-12(9-7-11)18(19)20/h6-9H,5,10H2,1-4H3. The zero-order chi connectivity index (χ0) is 15.6. The maximum Gasteiger partial charge on any atom is 0.269 e. The molecule has 0 saturated carbocycles. The second-order valence-corrected chi connectivity index (χ2v) is 11.7. The van der Waals surface area contributed by atoms with Gasteiger partial charge in [0.15, 0.2) is 0 Å². The van der Waals surface area contributed by atoms with Crippen LogP contribution in [0, 0.1) is 10.1 Å². The van der Waals surface area contributed by atoms with Crippen LogP contribution in [0.2, 0.25) is 19.6 Å². The molecule has 21 heavy (non-hydrogen) atoms. The largest absolute Gasteiger partial charge is 0.269 e. The summed E-state index contributed by atoms with van der Waals surface area (Å²) in [4.78, 5) is 10.3. The highest BCUT2D eigenvalue weighted by molar-refractivity contribution is 6.74. The summed E-state index contributed by atoms with van der Waals surface area (Å²) in [7, 11) is -1.29. The molecule has 0 spiro atoms. The maximum atomic E-state index is 10.7. The molecule has 0 unspecified atom stereocenters.